The molecule has 5 aromatic rings. The molecule has 1 N–H and O–H groups in total. The first-order valence-corrected chi connectivity index (χ1v) is 16.8. The lowest BCUT2D eigenvalue weighted by atomic mass is 9.95. The van der Waals surface area contributed by atoms with E-state index in [4.69, 9.17) is 16.3 Å². The molecule has 1 aliphatic heterocycles. The number of rotatable bonds is 9. The van der Waals surface area contributed by atoms with Crippen molar-refractivity contribution in [2.24, 2.45) is 0 Å². The first-order valence-electron chi connectivity index (χ1n) is 13.8. The van der Waals surface area contributed by atoms with Crippen LogP contribution in [-0.2, 0) is 21.9 Å². The second kappa shape index (κ2) is 13.6. The highest BCUT2D eigenvalue weighted by Gasteiger charge is 2.48. The zero-order valence-electron chi connectivity index (χ0n) is 23.8. The highest BCUT2D eigenvalue weighted by atomic mass is 79.9. The van der Waals surface area contributed by atoms with E-state index in [1.807, 2.05) is 73.7 Å². The minimum absolute atomic E-state index is 0.0350. The van der Waals surface area contributed by atoms with Crippen LogP contribution in [-0.4, -0.2) is 27.0 Å². The molecule has 0 bridgehead atoms. The molecule has 0 aliphatic carbocycles. The number of aliphatic hydroxyl groups is 1. The normalized spacial score (nSPS) is 15.9. The summed E-state index contributed by atoms with van der Waals surface area (Å²) in [6.45, 7) is 2.42. The summed E-state index contributed by atoms with van der Waals surface area (Å²) in [4.78, 5) is 28.5. The molecular weight excluding hydrogens is 694 g/mol. The van der Waals surface area contributed by atoms with Gasteiger partial charge in [-0.05, 0) is 71.6 Å². The maximum absolute atomic E-state index is 13.6. The molecule has 1 aromatic heterocycles. The lowest BCUT2D eigenvalue weighted by Crippen LogP contribution is -2.29. The Morgan fingerprint density at radius 1 is 0.978 bits per heavy atom. The zero-order valence-corrected chi connectivity index (χ0v) is 27.8. The van der Waals surface area contributed by atoms with Crippen LogP contribution < -0.4 is 9.64 Å². The Labute approximate surface area is 281 Å². The van der Waals surface area contributed by atoms with E-state index in [1.165, 1.54) is 28.0 Å². The van der Waals surface area contributed by atoms with Crippen LogP contribution in [0.5, 0.6) is 5.75 Å². The molecule has 45 heavy (non-hydrogen) atoms. The van der Waals surface area contributed by atoms with Crippen LogP contribution >= 0.6 is 50.6 Å². The molecule has 1 atom stereocenters. The van der Waals surface area contributed by atoms with Crippen LogP contribution in [0.3, 0.4) is 0 Å². The van der Waals surface area contributed by atoms with Gasteiger partial charge in [-0.1, -0.05) is 105 Å². The molecule has 11 heteroatoms. The number of benzene rings is 4. The van der Waals surface area contributed by atoms with Crippen molar-refractivity contribution in [2.75, 3.05) is 4.90 Å². The average Bonchev–Trinajstić information content (AvgIpc) is 3.62. The Hall–Kier alpha value is -3.96. The molecule has 1 fully saturated rings. The molecule has 1 amide bonds. The monoisotopic (exact) mass is 717 g/mol. The van der Waals surface area contributed by atoms with E-state index < -0.39 is 17.7 Å². The Morgan fingerprint density at radius 2 is 1.71 bits per heavy atom. The molecule has 4 aromatic carbocycles. The third-order valence-electron chi connectivity index (χ3n) is 7.30. The van der Waals surface area contributed by atoms with E-state index in [-0.39, 0.29) is 16.5 Å². The first kappa shape index (κ1) is 31.0. The fraction of sp³-hybridized carbons (Fsp3) is 0.118. The summed E-state index contributed by atoms with van der Waals surface area (Å²) in [5.41, 5.74) is 4.12. The average molecular weight is 719 g/mol. The Bertz CT molecular complexity index is 1930. The van der Waals surface area contributed by atoms with E-state index in [0.29, 0.717) is 38.6 Å². The van der Waals surface area contributed by atoms with Gasteiger partial charge in [0, 0.05) is 20.8 Å². The van der Waals surface area contributed by atoms with Crippen molar-refractivity contribution >= 4 is 73.2 Å². The fourth-order valence-corrected chi connectivity index (χ4v) is 7.50. The van der Waals surface area contributed by atoms with E-state index >= 15 is 0 Å². The number of hydrogen-bond acceptors (Lipinski definition) is 8. The quantitative estimate of drug-likeness (QED) is 0.0536. The van der Waals surface area contributed by atoms with Gasteiger partial charge in [-0.2, -0.15) is 0 Å². The number of ether oxygens (including phenoxy) is 1. The molecule has 2 heterocycles. The predicted molar refractivity (Wildman–Crippen MR) is 182 cm³/mol. The Kier molecular flexibility index (Phi) is 9.37. The summed E-state index contributed by atoms with van der Waals surface area (Å²) in [6.07, 6.45) is 0. The third-order valence-corrected chi connectivity index (χ3v) is 10.3. The maximum Gasteiger partial charge on any atom is 0.301 e. The lowest BCUT2D eigenvalue weighted by molar-refractivity contribution is -0.132. The number of ketones is 1. The predicted octanol–water partition coefficient (Wildman–Crippen LogP) is 8.76. The van der Waals surface area contributed by atoms with E-state index in [0.717, 1.165) is 21.2 Å². The van der Waals surface area contributed by atoms with Crippen LogP contribution in [0.4, 0.5) is 5.13 Å². The number of aryl methyl sites for hydroxylation is 1. The molecular formula is C34H25BrClN3O4S2. The molecule has 1 saturated heterocycles. The van der Waals surface area contributed by atoms with Crippen molar-refractivity contribution in [3.63, 3.8) is 0 Å². The van der Waals surface area contributed by atoms with Gasteiger partial charge in [0.1, 0.15) is 18.1 Å². The van der Waals surface area contributed by atoms with Crippen LogP contribution in [0.2, 0.25) is 5.02 Å². The highest BCUT2D eigenvalue weighted by Crippen LogP contribution is 2.44. The van der Waals surface area contributed by atoms with Gasteiger partial charge in [0.2, 0.25) is 5.13 Å². The summed E-state index contributed by atoms with van der Waals surface area (Å²) in [5.74, 6) is -0.720. The highest BCUT2D eigenvalue weighted by molar-refractivity contribution is 9.10. The van der Waals surface area contributed by atoms with Gasteiger partial charge in [0.15, 0.2) is 4.34 Å². The van der Waals surface area contributed by atoms with Gasteiger partial charge >= 0.3 is 5.91 Å². The van der Waals surface area contributed by atoms with Gasteiger partial charge in [0.05, 0.1) is 11.6 Å². The SMILES string of the molecule is Cc1ccccc1COc1ccc(C(O)=C2C(=O)C(=O)N(c3nnc(SCc4ccccc4Cl)s3)C2c2cccc(Br)c2)cc1. The van der Waals surface area contributed by atoms with Crippen LogP contribution in [0.15, 0.2) is 111 Å². The van der Waals surface area contributed by atoms with Gasteiger partial charge in [-0.25, -0.2) is 0 Å². The van der Waals surface area contributed by atoms with E-state index in [9.17, 15) is 14.7 Å². The minimum atomic E-state index is -0.922. The van der Waals surface area contributed by atoms with Crippen LogP contribution in [0.1, 0.15) is 33.9 Å². The first-order chi connectivity index (χ1) is 21.8. The molecule has 0 radical (unpaired) electrons. The number of anilines is 1. The van der Waals surface area contributed by atoms with Crippen LogP contribution in [0, 0.1) is 6.92 Å². The van der Waals surface area contributed by atoms with E-state index in [1.54, 1.807) is 30.3 Å². The van der Waals surface area contributed by atoms with Crippen molar-refractivity contribution in [3.05, 3.63) is 140 Å². The van der Waals surface area contributed by atoms with Crippen molar-refractivity contribution in [3.8, 4) is 5.75 Å². The maximum atomic E-state index is 13.6. The number of amides is 1. The number of hydrogen-bond donors (Lipinski definition) is 1. The minimum Gasteiger partial charge on any atom is -0.507 e. The summed E-state index contributed by atoms with van der Waals surface area (Å²) < 4.78 is 7.32. The lowest BCUT2D eigenvalue weighted by Gasteiger charge is -2.22. The number of nitrogens with zero attached hydrogens (tertiary/aromatic N) is 3. The van der Waals surface area contributed by atoms with Gasteiger partial charge < -0.3 is 9.84 Å². The van der Waals surface area contributed by atoms with Gasteiger partial charge in [-0.3, -0.25) is 14.5 Å². The number of thioether (sulfide) groups is 1. The number of aromatic nitrogens is 2. The third kappa shape index (κ3) is 6.69. The van der Waals surface area contributed by atoms with Crippen molar-refractivity contribution < 1.29 is 19.4 Å². The van der Waals surface area contributed by atoms with Crippen molar-refractivity contribution in [2.45, 2.75) is 29.7 Å². The van der Waals surface area contributed by atoms with Gasteiger partial charge in [-0.15, -0.1) is 10.2 Å². The Balaban J connectivity index is 1.31. The smallest absolute Gasteiger partial charge is 0.301 e. The molecule has 226 valence electrons. The summed E-state index contributed by atoms with van der Waals surface area (Å²) in [7, 11) is 0. The summed E-state index contributed by atoms with van der Waals surface area (Å²) in [5, 5.41) is 21.0. The summed E-state index contributed by atoms with van der Waals surface area (Å²) in [6, 6.07) is 28.7. The summed E-state index contributed by atoms with van der Waals surface area (Å²) >= 11 is 12.4. The number of halogens is 2. The second-order valence-electron chi connectivity index (χ2n) is 10.2. The van der Waals surface area contributed by atoms with E-state index in [2.05, 4.69) is 26.1 Å². The zero-order chi connectivity index (χ0) is 31.5. The van der Waals surface area contributed by atoms with Crippen molar-refractivity contribution in [1.29, 1.82) is 0 Å². The molecule has 1 aliphatic rings. The topological polar surface area (TPSA) is 92.6 Å². The molecule has 7 nitrogen and oxygen atoms in total. The molecule has 6 rings (SSSR count). The molecule has 0 spiro atoms. The molecule has 0 saturated carbocycles. The number of aliphatic hydroxyl groups excluding tert-OH is 1. The standard InChI is InChI=1S/C34H25BrClN3O4S2/c1-20-7-2-3-8-23(20)18-43-26-15-13-21(14-16-26)30(40)28-29(22-10-6-11-25(35)17-22)39(32(42)31(28)41)33-37-38-34(45-33)44-19-24-9-4-5-12-27(24)36/h2-17,29,40H,18-19H2,1H3. The number of carbonyl (C=O) groups is 2. The molecule has 1 unspecified atom stereocenters. The Morgan fingerprint density at radius 3 is 2.44 bits per heavy atom. The largest absolute Gasteiger partial charge is 0.507 e. The number of Topliss-reactive ketones (excluding diaryl/α,β-unsaturated/α-hetero) is 1. The second-order valence-corrected chi connectivity index (χ2v) is 13.7. The van der Waals surface area contributed by atoms with Crippen molar-refractivity contribution in [1.82, 2.24) is 10.2 Å². The number of carbonyl (C=O) groups excluding carboxylic acids is 2. The fourth-order valence-electron chi connectivity index (χ4n) is 4.93. The van der Waals surface area contributed by atoms with Gasteiger partial charge in [0.25, 0.3) is 5.78 Å². The van der Waals surface area contributed by atoms with Crippen LogP contribution in [0.25, 0.3) is 5.76 Å².